The molecule has 0 aromatic heterocycles. The van der Waals surface area contributed by atoms with Crippen molar-refractivity contribution in [1.29, 1.82) is 0 Å². The molecule has 0 atom stereocenters. The van der Waals surface area contributed by atoms with Gasteiger partial charge in [-0.3, -0.25) is 0 Å². The third kappa shape index (κ3) is 3.65. The molecular weight excluding hydrogens is 512 g/mol. The summed E-state index contributed by atoms with van der Waals surface area (Å²) in [5.74, 6) is -16.4. The number of aryl methyl sites for hydroxylation is 2. The molecule has 0 aliphatic rings. The number of rotatable bonds is 3. The van der Waals surface area contributed by atoms with Crippen molar-refractivity contribution >= 4 is 21.5 Å². The summed E-state index contributed by atoms with van der Waals surface area (Å²) in [7, 11) is 0. The lowest BCUT2D eigenvalue weighted by Crippen LogP contribution is -2.11. The summed E-state index contributed by atoms with van der Waals surface area (Å²) in [6.07, 6.45) is -0.603. The van der Waals surface area contributed by atoms with Crippen LogP contribution in [0.3, 0.4) is 0 Å². The number of benzene rings is 5. The fourth-order valence-corrected chi connectivity index (χ4v) is 4.91. The highest BCUT2D eigenvalue weighted by atomic mass is 19.2. The van der Waals surface area contributed by atoms with Crippen LogP contribution in [-0.2, 0) is 6.42 Å². The zero-order valence-corrected chi connectivity index (χ0v) is 20.3. The molecule has 0 unspecified atom stereocenters. The second-order valence-electron chi connectivity index (χ2n) is 9.22. The molecule has 0 saturated heterocycles. The molecule has 8 heteroatoms. The Kier molecular flexibility index (Phi) is 6.16. The van der Waals surface area contributed by atoms with E-state index in [-0.39, 0.29) is 0 Å². The first-order valence-corrected chi connectivity index (χ1v) is 11.5. The van der Waals surface area contributed by atoms with Crippen LogP contribution < -0.4 is 0 Å². The van der Waals surface area contributed by atoms with E-state index in [0.29, 0.717) is 12.5 Å². The Hall–Kier alpha value is -3.94. The van der Waals surface area contributed by atoms with Gasteiger partial charge in [-0.05, 0) is 59.0 Å². The summed E-state index contributed by atoms with van der Waals surface area (Å²) < 4.78 is 117. The second kappa shape index (κ2) is 9.11. The normalized spacial score (nSPS) is 11.7. The zero-order valence-electron chi connectivity index (χ0n) is 20.3. The molecule has 0 N–H and O–H groups in total. The molecule has 194 valence electrons. The van der Waals surface area contributed by atoms with Gasteiger partial charge in [-0.25, -0.2) is 35.1 Å². The van der Waals surface area contributed by atoms with E-state index in [9.17, 15) is 17.6 Å². The van der Waals surface area contributed by atoms with Gasteiger partial charge in [0.15, 0.2) is 46.5 Å². The van der Waals surface area contributed by atoms with Crippen LogP contribution in [0.5, 0.6) is 0 Å². The van der Waals surface area contributed by atoms with Gasteiger partial charge < -0.3 is 0 Å². The molecule has 5 aromatic carbocycles. The predicted molar refractivity (Wildman–Crippen MR) is 130 cm³/mol. The van der Waals surface area contributed by atoms with Crippen molar-refractivity contribution in [2.75, 3.05) is 0 Å². The summed E-state index contributed by atoms with van der Waals surface area (Å²) in [4.78, 5) is 0. The second-order valence-corrected chi connectivity index (χ2v) is 9.22. The Morgan fingerprint density at radius 2 is 0.895 bits per heavy atom. The maximum absolute atomic E-state index is 15.1. The van der Waals surface area contributed by atoms with E-state index >= 15 is 17.6 Å². The molecule has 0 nitrogen and oxygen atoms in total. The van der Waals surface area contributed by atoms with Gasteiger partial charge >= 0.3 is 0 Å². The Morgan fingerprint density at radius 3 is 1.45 bits per heavy atom. The molecule has 0 heterocycles. The molecule has 0 spiro atoms. The highest BCUT2D eigenvalue weighted by molar-refractivity contribution is 6.10. The van der Waals surface area contributed by atoms with Crippen LogP contribution >= 0.6 is 0 Å². The van der Waals surface area contributed by atoms with Crippen molar-refractivity contribution in [3.63, 3.8) is 0 Å². The van der Waals surface area contributed by atoms with E-state index in [0.717, 1.165) is 32.7 Å². The molecule has 38 heavy (non-hydrogen) atoms. The first-order valence-electron chi connectivity index (χ1n) is 11.5. The first-order chi connectivity index (χ1) is 18.0. The molecule has 0 saturated carbocycles. The van der Waals surface area contributed by atoms with Crippen LogP contribution in [0.15, 0.2) is 42.5 Å². The molecule has 0 amide bonds. The van der Waals surface area contributed by atoms with Gasteiger partial charge in [0.2, 0.25) is 0 Å². The molecule has 0 bridgehead atoms. The van der Waals surface area contributed by atoms with E-state index in [4.69, 9.17) is 0 Å². The van der Waals surface area contributed by atoms with E-state index < -0.39 is 75.2 Å². The van der Waals surface area contributed by atoms with Crippen LogP contribution in [0.25, 0.3) is 32.7 Å². The quantitative estimate of drug-likeness (QED) is 0.124. The fraction of sp³-hybridized carbons (Fsp3) is 0.133. The van der Waals surface area contributed by atoms with Crippen molar-refractivity contribution in [1.82, 2.24) is 0 Å². The van der Waals surface area contributed by atoms with Gasteiger partial charge in [0.1, 0.15) is 0 Å². The number of hydrogen-bond donors (Lipinski definition) is 0. The first kappa shape index (κ1) is 25.7. The number of halogens is 8. The van der Waals surface area contributed by atoms with Crippen LogP contribution in [0, 0.1) is 67.3 Å². The number of hydrogen-bond acceptors (Lipinski definition) is 0. The molecule has 0 fully saturated rings. The van der Waals surface area contributed by atoms with Crippen molar-refractivity contribution in [3.05, 3.63) is 117 Å². The zero-order chi connectivity index (χ0) is 27.6. The van der Waals surface area contributed by atoms with Crippen LogP contribution in [0.1, 0.15) is 27.8 Å². The van der Waals surface area contributed by atoms with Crippen molar-refractivity contribution < 1.29 is 35.1 Å². The Labute approximate surface area is 212 Å². The minimum Gasteiger partial charge on any atom is -0.203 e. The topological polar surface area (TPSA) is 0 Å². The van der Waals surface area contributed by atoms with Crippen molar-refractivity contribution in [2.24, 2.45) is 0 Å². The van der Waals surface area contributed by atoms with Crippen LogP contribution in [0.2, 0.25) is 0 Å². The summed E-state index contributed by atoms with van der Waals surface area (Å²) >= 11 is 0. The minimum atomic E-state index is -2.17. The molecule has 5 aromatic rings. The standard InChI is InChI=1S/C30H18F8/c1-12-13(2)19-10-15(8-9-18(19)17-7-5-4-6-16(12)17)11-20-25(33)29(37)22(30(38)26(20)34)21-27(35)23(31)14(3)24(32)28(21)36/h4-10H,11H2,1-3H3. The van der Waals surface area contributed by atoms with Gasteiger partial charge in [-0.15, -0.1) is 0 Å². The van der Waals surface area contributed by atoms with Crippen molar-refractivity contribution in [2.45, 2.75) is 27.2 Å². The highest BCUT2D eigenvalue weighted by Crippen LogP contribution is 2.39. The summed E-state index contributed by atoms with van der Waals surface area (Å²) in [5.41, 5.74) is -3.65. The summed E-state index contributed by atoms with van der Waals surface area (Å²) in [6.45, 7) is 4.51. The van der Waals surface area contributed by atoms with Gasteiger partial charge in [0.05, 0.1) is 11.1 Å². The molecule has 0 aliphatic heterocycles. The van der Waals surface area contributed by atoms with E-state index in [2.05, 4.69) is 0 Å². The number of fused-ring (bicyclic) bond motifs is 3. The van der Waals surface area contributed by atoms with Crippen LogP contribution in [-0.4, -0.2) is 0 Å². The van der Waals surface area contributed by atoms with Gasteiger partial charge in [-0.1, -0.05) is 42.5 Å². The minimum absolute atomic E-state index is 0.310. The lowest BCUT2D eigenvalue weighted by molar-refractivity contribution is 0.431. The van der Waals surface area contributed by atoms with E-state index in [1.54, 1.807) is 18.2 Å². The van der Waals surface area contributed by atoms with E-state index in [1.807, 2.05) is 38.1 Å². The molecular formula is C30H18F8. The maximum Gasteiger partial charge on any atom is 0.170 e. The largest absolute Gasteiger partial charge is 0.203 e. The lowest BCUT2D eigenvalue weighted by Gasteiger charge is -2.16. The van der Waals surface area contributed by atoms with E-state index in [1.165, 1.54) is 0 Å². The highest BCUT2D eigenvalue weighted by Gasteiger charge is 2.33. The molecule has 5 rings (SSSR count). The average Bonchev–Trinajstić information content (AvgIpc) is 2.92. The van der Waals surface area contributed by atoms with Crippen molar-refractivity contribution in [3.8, 4) is 11.1 Å². The third-order valence-electron chi connectivity index (χ3n) is 7.14. The lowest BCUT2D eigenvalue weighted by atomic mass is 9.90. The summed E-state index contributed by atoms with van der Waals surface area (Å²) in [6, 6.07) is 12.6. The van der Waals surface area contributed by atoms with Gasteiger partial charge in [0, 0.05) is 17.5 Å². The Balaban J connectivity index is 1.68. The monoisotopic (exact) mass is 530 g/mol. The average molecular weight is 530 g/mol. The SMILES string of the molecule is Cc1c(F)c(F)c(-c2c(F)c(F)c(Cc3ccc4c(c3)c(C)c(C)c3ccccc34)c(F)c2F)c(F)c1F. The molecule has 0 aliphatic carbocycles. The summed E-state index contributed by atoms with van der Waals surface area (Å²) in [5, 5.41) is 3.63. The predicted octanol–water partition coefficient (Wildman–Crippen LogP) is 9.29. The third-order valence-corrected chi connectivity index (χ3v) is 7.14. The fourth-order valence-electron chi connectivity index (χ4n) is 4.91. The smallest absolute Gasteiger partial charge is 0.170 e. The van der Waals surface area contributed by atoms with Gasteiger partial charge in [0.25, 0.3) is 0 Å². The maximum atomic E-state index is 15.1. The van der Waals surface area contributed by atoms with Gasteiger partial charge in [-0.2, -0.15) is 0 Å². The Morgan fingerprint density at radius 1 is 0.447 bits per heavy atom. The molecule has 0 radical (unpaired) electrons. The van der Waals surface area contributed by atoms with Crippen LogP contribution in [0.4, 0.5) is 35.1 Å². The Bertz CT molecular complexity index is 1750.